The third kappa shape index (κ3) is 2.82. The lowest BCUT2D eigenvalue weighted by molar-refractivity contribution is -0.143. The molecule has 108 valence electrons. The third-order valence-electron chi connectivity index (χ3n) is 3.88. The van der Waals surface area contributed by atoms with Crippen molar-refractivity contribution in [3.8, 4) is 0 Å². The Balaban J connectivity index is 2.26. The molecule has 2 rings (SSSR count). The number of amides is 2. The Morgan fingerprint density at radius 3 is 2.60 bits per heavy atom. The highest BCUT2D eigenvalue weighted by Crippen LogP contribution is 2.25. The van der Waals surface area contributed by atoms with Gasteiger partial charge in [0, 0.05) is 18.9 Å². The molecule has 0 bridgehead atoms. The lowest BCUT2D eigenvalue weighted by atomic mass is 9.92. The lowest BCUT2D eigenvalue weighted by Crippen LogP contribution is -2.52. The molecular weight excluding hydrogens is 254 g/mol. The van der Waals surface area contributed by atoms with Gasteiger partial charge in [-0.3, -0.25) is 9.59 Å². The second-order valence-corrected chi connectivity index (χ2v) is 5.34. The van der Waals surface area contributed by atoms with E-state index < -0.39 is 11.9 Å². The van der Waals surface area contributed by atoms with E-state index >= 15 is 0 Å². The first-order valence-electron chi connectivity index (χ1n) is 6.91. The van der Waals surface area contributed by atoms with Crippen LogP contribution in [0.2, 0.25) is 0 Å². The Morgan fingerprint density at radius 2 is 2.00 bits per heavy atom. The zero-order valence-electron chi connectivity index (χ0n) is 11.7. The fourth-order valence-corrected chi connectivity index (χ4v) is 2.67. The second kappa shape index (κ2) is 6.05. The Morgan fingerprint density at radius 1 is 1.35 bits per heavy atom. The van der Waals surface area contributed by atoms with Crippen molar-refractivity contribution in [3.63, 3.8) is 0 Å². The summed E-state index contributed by atoms with van der Waals surface area (Å²) in [7, 11) is 0. The SMILES string of the molecule is CC(CCN)C(=O)N1Cc2ccccc2C[C@H]1C(N)=O. The molecule has 2 amide bonds. The predicted octanol–water partition coefficient (Wildman–Crippen LogP) is 0.410. The van der Waals surface area contributed by atoms with Gasteiger partial charge in [0.05, 0.1) is 0 Å². The molecule has 0 saturated carbocycles. The average Bonchev–Trinajstić information content (AvgIpc) is 2.45. The predicted molar refractivity (Wildman–Crippen MR) is 76.5 cm³/mol. The van der Waals surface area contributed by atoms with Crippen LogP contribution in [0.4, 0.5) is 0 Å². The van der Waals surface area contributed by atoms with Gasteiger partial charge in [0.2, 0.25) is 11.8 Å². The molecule has 1 aliphatic rings. The summed E-state index contributed by atoms with van der Waals surface area (Å²) >= 11 is 0. The number of fused-ring (bicyclic) bond motifs is 1. The number of carbonyl (C=O) groups excluding carboxylic acids is 2. The minimum Gasteiger partial charge on any atom is -0.368 e. The summed E-state index contributed by atoms with van der Waals surface area (Å²) in [5, 5.41) is 0. The molecule has 0 spiro atoms. The fraction of sp³-hybridized carbons (Fsp3) is 0.467. The van der Waals surface area contributed by atoms with Gasteiger partial charge in [-0.2, -0.15) is 0 Å². The van der Waals surface area contributed by atoms with E-state index in [9.17, 15) is 9.59 Å². The highest BCUT2D eigenvalue weighted by molar-refractivity contribution is 5.88. The fourth-order valence-electron chi connectivity index (χ4n) is 2.67. The van der Waals surface area contributed by atoms with Gasteiger partial charge in [-0.15, -0.1) is 0 Å². The van der Waals surface area contributed by atoms with Gasteiger partial charge in [0.25, 0.3) is 0 Å². The molecular formula is C15H21N3O2. The van der Waals surface area contributed by atoms with E-state index in [4.69, 9.17) is 11.5 Å². The van der Waals surface area contributed by atoms with Crippen LogP contribution in [-0.2, 0) is 22.6 Å². The van der Waals surface area contributed by atoms with Crippen molar-refractivity contribution in [2.24, 2.45) is 17.4 Å². The Hall–Kier alpha value is -1.88. The number of carbonyl (C=O) groups is 2. The van der Waals surface area contributed by atoms with Crippen molar-refractivity contribution in [3.05, 3.63) is 35.4 Å². The van der Waals surface area contributed by atoms with Crippen LogP contribution in [-0.4, -0.2) is 29.3 Å². The highest BCUT2D eigenvalue weighted by atomic mass is 16.2. The first kappa shape index (κ1) is 14.5. The summed E-state index contributed by atoms with van der Waals surface area (Å²) in [6.45, 7) is 2.74. The zero-order chi connectivity index (χ0) is 14.7. The molecule has 5 heteroatoms. The molecule has 0 saturated heterocycles. The number of nitrogens with two attached hydrogens (primary N) is 2. The summed E-state index contributed by atoms with van der Waals surface area (Å²) in [6, 6.07) is 7.29. The number of rotatable bonds is 4. The number of benzene rings is 1. The van der Waals surface area contributed by atoms with Crippen LogP contribution in [0.5, 0.6) is 0 Å². The summed E-state index contributed by atoms with van der Waals surface area (Å²) < 4.78 is 0. The molecule has 5 nitrogen and oxygen atoms in total. The van der Waals surface area contributed by atoms with Crippen molar-refractivity contribution in [2.75, 3.05) is 6.54 Å². The van der Waals surface area contributed by atoms with Gasteiger partial charge in [0.15, 0.2) is 0 Å². The third-order valence-corrected chi connectivity index (χ3v) is 3.88. The molecule has 1 unspecified atom stereocenters. The van der Waals surface area contributed by atoms with E-state index in [1.165, 1.54) is 0 Å². The minimum atomic E-state index is -0.558. The zero-order valence-corrected chi connectivity index (χ0v) is 11.7. The van der Waals surface area contributed by atoms with Crippen LogP contribution < -0.4 is 11.5 Å². The van der Waals surface area contributed by atoms with Gasteiger partial charge >= 0.3 is 0 Å². The average molecular weight is 275 g/mol. The highest BCUT2D eigenvalue weighted by Gasteiger charge is 2.34. The first-order valence-corrected chi connectivity index (χ1v) is 6.91. The second-order valence-electron chi connectivity index (χ2n) is 5.34. The molecule has 0 aromatic heterocycles. The van der Waals surface area contributed by atoms with Crippen LogP contribution in [0.1, 0.15) is 24.5 Å². The molecule has 20 heavy (non-hydrogen) atoms. The molecule has 1 aromatic carbocycles. The van der Waals surface area contributed by atoms with Crippen LogP contribution >= 0.6 is 0 Å². The molecule has 2 atom stereocenters. The molecule has 0 fully saturated rings. The van der Waals surface area contributed by atoms with Crippen LogP contribution in [0.15, 0.2) is 24.3 Å². The summed E-state index contributed by atoms with van der Waals surface area (Å²) in [6.07, 6.45) is 1.11. The van der Waals surface area contributed by atoms with E-state index in [1.54, 1.807) is 4.90 Å². The largest absolute Gasteiger partial charge is 0.368 e. The Labute approximate surface area is 118 Å². The molecule has 1 heterocycles. The summed E-state index contributed by atoms with van der Waals surface area (Å²) in [5.41, 5.74) is 13.1. The van der Waals surface area contributed by atoms with E-state index in [-0.39, 0.29) is 11.8 Å². The normalized spacial score (nSPS) is 19.3. The van der Waals surface area contributed by atoms with Gasteiger partial charge in [0.1, 0.15) is 6.04 Å². The van der Waals surface area contributed by atoms with Crippen molar-refractivity contribution in [1.29, 1.82) is 0 Å². The number of hydrogen-bond donors (Lipinski definition) is 2. The maximum atomic E-state index is 12.5. The molecule has 4 N–H and O–H groups in total. The quantitative estimate of drug-likeness (QED) is 0.834. The smallest absolute Gasteiger partial charge is 0.240 e. The van der Waals surface area contributed by atoms with Gasteiger partial charge < -0.3 is 16.4 Å². The van der Waals surface area contributed by atoms with Gasteiger partial charge in [-0.1, -0.05) is 31.2 Å². The van der Waals surface area contributed by atoms with Gasteiger partial charge in [-0.25, -0.2) is 0 Å². The van der Waals surface area contributed by atoms with E-state index in [0.29, 0.717) is 25.9 Å². The number of nitrogens with zero attached hydrogens (tertiary/aromatic N) is 1. The van der Waals surface area contributed by atoms with Crippen molar-refractivity contribution < 1.29 is 9.59 Å². The topological polar surface area (TPSA) is 89.4 Å². The van der Waals surface area contributed by atoms with E-state index in [0.717, 1.165) is 11.1 Å². The lowest BCUT2D eigenvalue weighted by Gasteiger charge is -2.36. The Kier molecular flexibility index (Phi) is 4.39. The number of primary amides is 1. The summed E-state index contributed by atoms with van der Waals surface area (Å²) in [4.78, 5) is 25.7. The van der Waals surface area contributed by atoms with Crippen LogP contribution in [0.25, 0.3) is 0 Å². The maximum Gasteiger partial charge on any atom is 0.240 e. The van der Waals surface area contributed by atoms with Crippen molar-refractivity contribution in [1.82, 2.24) is 4.90 Å². The van der Waals surface area contributed by atoms with E-state index in [2.05, 4.69) is 0 Å². The number of hydrogen-bond acceptors (Lipinski definition) is 3. The first-order chi connectivity index (χ1) is 9.54. The molecule has 1 aliphatic heterocycles. The maximum absolute atomic E-state index is 12.5. The Bertz CT molecular complexity index is 516. The molecule has 1 aromatic rings. The van der Waals surface area contributed by atoms with Crippen LogP contribution in [0.3, 0.4) is 0 Å². The summed E-state index contributed by atoms with van der Waals surface area (Å²) in [5.74, 6) is -0.686. The molecule has 0 radical (unpaired) electrons. The minimum absolute atomic E-state index is 0.0475. The van der Waals surface area contributed by atoms with Crippen LogP contribution in [0, 0.1) is 5.92 Å². The van der Waals surface area contributed by atoms with Gasteiger partial charge in [-0.05, 0) is 24.1 Å². The monoisotopic (exact) mass is 275 g/mol. The molecule has 0 aliphatic carbocycles. The van der Waals surface area contributed by atoms with Crippen molar-refractivity contribution >= 4 is 11.8 Å². The van der Waals surface area contributed by atoms with E-state index in [1.807, 2.05) is 31.2 Å². The van der Waals surface area contributed by atoms with Crippen molar-refractivity contribution in [2.45, 2.75) is 32.4 Å². The standard InChI is InChI=1S/C15H21N3O2/c1-10(6-7-16)15(20)18-9-12-5-3-2-4-11(12)8-13(18)14(17)19/h2-5,10,13H,6-9,16H2,1H3,(H2,17,19)/t10?,13-/m0/s1.